The van der Waals surface area contributed by atoms with Gasteiger partial charge in [-0.2, -0.15) is 17.0 Å². The quantitative estimate of drug-likeness (QED) is 0.936. The number of hydrogen-bond donors (Lipinski definition) is 1. The van der Waals surface area contributed by atoms with E-state index in [1.165, 1.54) is 6.20 Å². The number of nitriles is 1. The summed E-state index contributed by atoms with van der Waals surface area (Å²) in [7, 11) is 0. The van der Waals surface area contributed by atoms with E-state index in [0.29, 0.717) is 11.3 Å². The van der Waals surface area contributed by atoms with E-state index in [1.807, 2.05) is 36.6 Å². The first-order valence-electron chi connectivity index (χ1n) is 5.99. The molecule has 0 unspecified atom stereocenters. The van der Waals surface area contributed by atoms with Crippen molar-refractivity contribution in [3.05, 3.63) is 59.4 Å². The molecular formula is C15H13N3OS. The van der Waals surface area contributed by atoms with E-state index in [4.69, 9.17) is 5.26 Å². The average molecular weight is 283 g/mol. The summed E-state index contributed by atoms with van der Waals surface area (Å²) in [6.07, 6.45) is 3.41. The van der Waals surface area contributed by atoms with Crippen LogP contribution in [0.25, 0.3) is 0 Å². The van der Waals surface area contributed by atoms with Crippen LogP contribution in [0, 0.1) is 11.3 Å². The Bertz CT molecular complexity index is 647. The number of benzene rings is 1. The molecule has 0 radical (unpaired) electrons. The van der Waals surface area contributed by atoms with Crippen LogP contribution in [0.5, 0.6) is 0 Å². The summed E-state index contributed by atoms with van der Waals surface area (Å²) in [6, 6.07) is 12.8. The van der Waals surface area contributed by atoms with Gasteiger partial charge in [-0.1, -0.05) is 18.2 Å². The van der Waals surface area contributed by atoms with Crippen molar-refractivity contribution in [2.75, 3.05) is 11.6 Å². The molecule has 1 aromatic heterocycles. The summed E-state index contributed by atoms with van der Waals surface area (Å²) >= 11 is 1.69. The molecule has 0 aliphatic carbocycles. The Morgan fingerprint density at radius 2 is 2.15 bits per heavy atom. The molecule has 0 fully saturated rings. The van der Waals surface area contributed by atoms with E-state index in [2.05, 4.69) is 10.3 Å². The second-order valence-corrected chi connectivity index (χ2v) is 4.95. The van der Waals surface area contributed by atoms with Crippen molar-refractivity contribution in [2.45, 2.75) is 5.75 Å². The normalized spacial score (nSPS) is 9.80. The number of anilines is 1. The fourth-order valence-electron chi connectivity index (χ4n) is 1.70. The zero-order chi connectivity index (χ0) is 14.4. The smallest absolute Gasteiger partial charge is 0.274 e. The molecule has 0 bridgehead atoms. The minimum atomic E-state index is -0.275. The van der Waals surface area contributed by atoms with Gasteiger partial charge in [-0.25, -0.2) is 4.98 Å². The van der Waals surface area contributed by atoms with Gasteiger partial charge in [0.1, 0.15) is 11.8 Å². The number of para-hydroxylation sites is 1. The van der Waals surface area contributed by atoms with Crippen molar-refractivity contribution >= 4 is 23.4 Å². The molecule has 0 spiro atoms. The van der Waals surface area contributed by atoms with Gasteiger partial charge in [-0.3, -0.25) is 4.79 Å². The molecule has 100 valence electrons. The Kier molecular flexibility index (Phi) is 4.75. The third-order valence-corrected chi connectivity index (χ3v) is 3.29. The summed E-state index contributed by atoms with van der Waals surface area (Å²) in [5.41, 5.74) is 2.59. The summed E-state index contributed by atoms with van der Waals surface area (Å²) < 4.78 is 0. The number of thioether (sulfide) groups is 1. The highest BCUT2D eigenvalue weighted by Gasteiger charge is 2.09. The Hall–Kier alpha value is -2.32. The van der Waals surface area contributed by atoms with Crippen LogP contribution in [0.4, 0.5) is 5.69 Å². The molecule has 0 atom stereocenters. The number of amides is 1. The fourth-order valence-corrected chi connectivity index (χ4v) is 2.27. The number of nitrogens with zero attached hydrogens (tertiary/aromatic N) is 2. The van der Waals surface area contributed by atoms with Crippen molar-refractivity contribution in [3.8, 4) is 6.07 Å². The first-order valence-corrected chi connectivity index (χ1v) is 7.38. The van der Waals surface area contributed by atoms with Crippen molar-refractivity contribution in [1.29, 1.82) is 5.26 Å². The minimum Gasteiger partial charge on any atom is -0.320 e. The standard InChI is InChI=1S/C15H13N3OS/c1-20-10-12-4-2-3-5-13(12)18-15(19)14-7-6-11(8-16)9-17-14/h2-7,9H,10H2,1H3,(H,18,19). The van der Waals surface area contributed by atoms with Crippen molar-refractivity contribution < 1.29 is 4.79 Å². The van der Waals surface area contributed by atoms with Crippen LogP contribution in [-0.2, 0) is 5.75 Å². The zero-order valence-corrected chi connectivity index (χ0v) is 11.8. The van der Waals surface area contributed by atoms with Crippen LogP contribution < -0.4 is 5.32 Å². The van der Waals surface area contributed by atoms with Gasteiger partial charge in [0.15, 0.2) is 0 Å². The first kappa shape index (κ1) is 14.1. The Labute approximate surface area is 121 Å². The van der Waals surface area contributed by atoms with Gasteiger partial charge < -0.3 is 5.32 Å². The summed E-state index contributed by atoms with van der Waals surface area (Å²) in [4.78, 5) is 16.1. The van der Waals surface area contributed by atoms with Crippen LogP contribution in [-0.4, -0.2) is 17.1 Å². The molecule has 4 nitrogen and oxygen atoms in total. The van der Waals surface area contributed by atoms with E-state index >= 15 is 0 Å². The van der Waals surface area contributed by atoms with Crippen LogP contribution in [0.15, 0.2) is 42.6 Å². The van der Waals surface area contributed by atoms with Crippen LogP contribution in [0.1, 0.15) is 21.6 Å². The first-order chi connectivity index (χ1) is 9.74. The predicted octanol–water partition coefficient (Wildman–Crippen LogP) is 3.07. The molecule has 2 rings (SSSR count). The van der Waals surface area contributed by atoms with Crippen molar-refractivity contribution in [2.24, 2.45) is 0 Å². The van der Waals surface area contributed by atoms with E-state index < -0.39 is 0 Å². The monoisotopic (exact) mass is 283 g/mol. The maximum Gasteiger partial charge on any atom is 0.274 e. The topological polar surface area (TPSA) is 65.8 Å². The lowest BCUT2D eigenvalue weighted by Crippen LogP contribution is -2.14. The lowest BCUT2D eigenvalue weighted by molar-refractivity contribution is 0.102. The van der Waals surface area contributed by atoms with Gasteiger partial charge >= 0.3 is 0 Å². The number of rotatable bonds is 4. The number of aromatic nitrogens is 1. The molecule has 1 amide bonds. The Morgan fingerprint density at radius 1 is 1.35 bits per heavy atom. The van der Waals surface area contributed by atoms with Gasteiger partial charge in [-0.15, -0.1) is 0 Å². The van der Waals surface area contributed by atoms with Crippen LogP contribution in [0.2, 0.25) is 0 Å². The average Bonchev–Trinajstić information content (AvgIpc) is 2.49. The second-order valence-electron chi connectivity index (χ2n) is 4.09. The van der Waals surface area contributed by atoms with Crippen LogP contribution in [0.3, 0.4) is 0 Å². The van der Waals surface area contributed by atoms with E-state index in [1.54, 1.807) is 23.9 Å². The molecule has 0 saturated carbocycles. The highest BCUT2D eigenvalue weighted by Crippen LogP contribution is 2.20. The predicted molar refractivity (Wildman–Crippen MR) is 80.6 cm³/mol. The number of carbonyl (C=O) groups is 1. The SMILES string of the molecule is CSCc1ccccc1NC(=O)c1ccc(C#N)cn1. The molecule has 0 saturated heterocycles. The number of nitrogens with one attached hydrogen (secondary N) is 1. The molecule has 0 aliphatic rings. The fraction of sp³-hybridized carbons (Fsp3) is 0.133. The van der Waals surface area contributed by atoms with Gasteiger partial charge in [0.2, 0.25) is 0 Å². The molecular weight excluding hydrogens is 270 g/mol. The Morgan fingerprint density at radius 3 is 2.80 bits per heavy atom. The summed E-state index contributed by atoms with van der Waals surface area (Å²) in [5, 5.41) is 11.6. The van der Waals surface area contributed by atoms with Crippen LogP contribution >= 0.6 is 11.8 Å². The minimum absolute atomic E-state index is 0.275. The second kappa shape index (κ2) is 6.73. The van der Waals surface area contributed by atoms with E-state index in [0.717, 1.165) is 17.0 Å². The largest absolute Gasteiger partial charge is 0.320 e. The van der Waals surface area contributed by atoms with E-state index in [-0.39, 0.29) is 5.91 Å². The lowest BCUT2D eigenvalue weighted by atomic mass is 10.2. The van der Waals surface area contributed by atoms with Crippen molar-refractivity contribution in [3.63, 3.8) is 0 Å². The molecule has 1 aromatic carbocycles. The zero-order valence-electron chi connectivity index (χ0n) is 11.0. The van der Waals surface area contributed by atoms with Gasteiger partial charge in [0.25, 0.3) is 5.91 Å². The maximum atomic E-state index is 12.1. The van der Waals surface area contributed by atoms with Crippen molar-refractivity contribution in [1.82, 2.24) is 4.98 Å². The number of pyridine rings is 1. The van der Waals surface area contributed by atoms with Gasteiger partial charge in [0.05, 0.1) is 5.56 Å². The molecule has 1 heterocycles. The molecule has 2 aromatic rings. The summed E-state index contributed by atoms with van der Waals surface area (Å²) in [6.45, 7) is 0. The lowest BCUT2D eigenvalue weighted by Gasteiger charge is -2.09. The maximum absolute atomic E-state index is 12.1. The van der Waals surface area contributed by atoms with E-state index in [9.17, 15) is 4.79 Å². The molecule has 1 N–H and O–H groups in total. The highest BCUT2D eigenvalue weighted by molar-refractivity contribution is 7.97. The number of hydrogen-bond acceptors (Lipinski definition) is 4. The molecule has 20 heavy (non-hydrogen) atoms. The summed E-state index contributed by atoms with van der Waals surface area (Å²) in [5.74, 6) is 0.556. The Balaban J connectivity index is 2.17. The highest BCUT2D eigenvalue weighted by atomic mass is 32.2. The van der Waals surface area contributed by atoms with Gasteiger partial charge in [0, 0.05) is 17.6 Å². The third-order valence-electron chi connectivity index (χ3n) is 2.69. The number of carbonyl (C=O) groups excluding carboxylic acids is 1. The van der Waals surface area contributed by atoms with Gasteiger partial charge in [-0.05, 0) is 30.0 Å². The molecule has 5 heteroatoms. The molecule has 0 aliphatic heterocycles. The third kappa shape index (κ3) is 3.37.